The van der Waals surface area contributed by atoms with Crippen LogP contribution in [0.1, 0.15) is 17.2 Å². The van der Waals surface area contributed by atoms with Crippen LogP contribution >= 0.6 is 11.6 Å². The summed E-state index contributed by atoms with van der Waals surface area (Å²) in [6.07, 6.45) is 2.19. The van der Waals surface area contributed by atoms with Crippen molar-refractivity contribution in [3.8, 4) is 0 Å². The van der Waals surface area contributed by atoms with Crippen molar-refractivity contribution in [1.82, 2.24) is 4.98 Å². The molecule has 1 unspecified atom stereocenters. The SMILES string of the molecule is OC(c1ccc(Cl)cc1F)c1cncc2ccccc12. The van der Waals surface area contributed by atoms with Crippen LogP contribution in [-0.4, -0.2) is 10.1 Å². The number of halogens is 2. The average Bonchev–Trinajstić information content (AvgIpc) is 2.46. The fraction of sp³-hybridized carbons (Fsp3) is 0.0625. The van der Waals surface area contributed by atoms with E-state index in [-0.39, 0.29) is 5.56 Å². The topological polar surface area (TPSA) is 33.1 Å². The quantitative estimate of drug-likeness (QED) is 0.769. The first-order chi connectivity index (χ1) is 9.66. The summed E-state index contributed by atoms with van der Waals surface area (Å²) in [5.74, 6) is -0.530. The van der Waals surface area contributed by atoms with E-state index in [1.165, 1.54) is 12.1 Å². The number of hydrogen-bond donors (Lipinski definition) is 1. The van der Waals surface area contributed by atoms with E-state index < -0.39 is 11.9 Å². The predicted octanol–water partition coefficient (Wildman–Crippen LogP) is 4.11. The zero-order valence-corrected chi connectivity index (χ0v) is 11.2. The number of nitrogens with zero attached hydrogens (tertiary/aromatic N) is 1. The summed E-state index contributed by atoms with van der Waals surface area (Å²) in [5, 5.41) is 12.5. The molecule has 1 N–H and O–H groups in total. The smallest absolute Gasteiger partial charge is 0.130 e. The molecule has 100 valence electrons. The summed E-state index contributed by atoms with van der Waals surface area (Å²) < 4.78 is 13.9. The molecule has 1 heterocycles. The Hall–Kier alpha value is -1.97. The largest absolute Gasteiger partial charge is 0.383 e. The summed E-state index contributed by atoms with van der Waals surface area (Å²) >= 11 is 5.73. The lowest BCUT2D eigenvalue weighted by Crippen LogP contribution is -2.04. The van der Waals surface area contributed by atoms with Crippen LogP contribution < -0.4 is 0 Å². The summed E-state index contributed by atoms with van der Waals surface area (Å²) in [6, 6.07) is 11.8. The molecular formula is C16H11ClFNO. The lowest BCUT2D eigenvalue weighted by molar-refractivity contribution is 0.216. The number of pyridine rings is 1. The Bertz CT molecular complexity index is 770. The van der Waals surface area contributed by atoms with Gasteiger partial charge in [0, 0.05) is 33.9 Å². The van der Waals surface area contributed by atoms with Crippen molar-refractivity contribution >= 4 is 22.4 Å². The molecule has 0 spiro atoms. The Morgan fingerprint density at radius 3 is 2.65 bits per heavy atom. The third-order valence-electron chi connectivity index (χ3n) is 3.25. The molecule has 0 bridgehead atoms. The van der Waals surface area contributed by atoms with Gasteiger partial charge < -0.3 is 5.11 Å². The van der Waals surface area contributed by atoms with Crippen LogP contribution in [-0.2, 0) is 0 Å². The van der Waals surface area contributed by atoms with Crippen molar-refractivity contribution in [3.63, 3.8) is 0 Å². The van der Waals surface area contributed by atoms with Crippen molar-refractivity contribution in [2.24, 2.45) is 0 Å². The molecule has 2 aromatic carbocycles. The van der Waals surface area contributed by atoms with Gasteiger partial charge in [-0.15, -0.1) is 0 Å². The van der Waals surface area contributed by atoms with Gasteiger partial charge in [0.05, 0.1) is 0 Å². The van der Waals surface area contributed by atoms with Crippen LogP contribution in [0.15, 0.2) is 54.9 Å². The van der Waals surface area contributed by atoms with Crippen LogP contribution in [0.3, 0.4) is 0 Å². The van der Waals surface area contributed by atoms with Gasteiger partial charge in [0.1, 0.15) is 11.9 Å². The fourth-order valence-electron chi connectivity index (χ4n) is 2.25. The third kappa shape index (κ3) is 2.26. The minimum absolute atomic E-state index is 0.188. The molecule has 0 fully saturated rings. The molecular weight excluding hydrogens is 277 g/mol. The lowest BCUT2D eigenvalue weighted by atomic mass is 9.98. The molecule has 0 aliphatic rings. The second-order valence-corrected chi connectivity index (χ2v) is 4.95. The first kappa shape index (κ1) is 13.0. The van der Waals surface area contributed by atoms with Crippen LogP contribution in [0.25, 0.3) is 10.8 Å². The van der Waals surface area contributed by atoms with E-state index in [2.05, 4.69) is 4.98 Å². The standard InChI is InChI=1S/C16H11ClFNO/c17-11-5-6-13(15(18)7-11)16(20)14-9-19-8-10-3-1-2-4-12(10)14/h1-9,16,20H. The van der Waals surface area contributed by atoms with Crippen LogP contribution in [0.5, 0.6) is 0 Å². The van der Waals surface area contributed by atoms with E-state index in [0.717, 1.165) is 10.8 Å². The normalized spacial score (nSPS) is 12.6. The molecule has 20 heavy (non-hydrogen) atoms. The maximum atomic E-state index is 13.9. The highest BCUT2D eigenvalue weighted by Crippen LogP contribution is 2.30. The van der Waals surface area contributed by atoms with E-state index in [1.54, 1.807) is 18.5 Å². The van der Waals surface area contributed by atoms with E-state index in [4.69, 9.17) is 11.6 Å². The van der Waals surface area contributed by atoms with Crippen LogP contribution in [0, 0.1) is 5.82 Å². The maximum Gasteiger partial charge on any atom is 0.130 e. The third-order valence-corrected chi connectivity index (χ3v) is 3.49. The van der Waals surface area contributed by atoms with Gasteiger partial charge >= 0.3 is 0 Å². The molecule has 0 aliphatic heterocycles. The second-order valence-electron chi connectivity index (χ2n) is 4.52. The highest BCUT2D eigenvalue weighted by atomic mass is 35.5. The van der Waals surface area contributed by atoms with Gasteiger partial charge in [0.25, 0.3) is 0 Å². The number of aromatic nitrogens is 1. The molecule has 0 amide bonds. The number of hydrogen-bond acceptors (Lipinski definition) is 2. The van der Waals surface area contributed by atoms with Crippen molar-refractivity contribution < 1.29 is 9.50 Å². The van der Waals surface area contributed by atoms with Crippen molar-refractivity contribution in [1.29, 1.82) is 0 Å². The van der Waals surface area contributed by atoms with E-state index >= 15 is 0 Å². The van der Waals surface area contributed by atoms with Crippen molar-refractivity contribution in [2.75, 3.05) is 0 Å². The van der Waals surface area contributed by atoms with Gasteiger partial charge in [-0.25, -0.2) is 4.39 Å². The number of fused-ring (bicyclic) bond motifs is 1. The molecule has 0 aliphatic carbocycles. The number of aliphatic hydroxyl groups is 1. The lowest BCUT2D eigenvalue weighted by Gasteiger charge is -2.14. The molecule has 0 saturated carbocycles. The number of aliphatic hydroxyl groups excluding tert-OH is 1. The van der Waals surface area contributed by atoms with Gasteiger partial charge in [-0.3, -0.25) is 4.98 Å². The van der Waals surface area contributed by atoms with Gasteiger partial charge in [-0.2, -0.15) is 0 Å². The van der Waals surface area contributed by atoms with E-state index in [9.17, 15) is 9.50 Å². The fourth-order valence-corrected chi connectivity index (χ4v) is 2.41. The molecule has 3 rings (SSSR count). The molecule has 1 atom stereocenters. The summed E-state index contributed by atoms with van der Waals surface area (Å²) in [7, 11) is 0. The summed E-state index contributed by atoms with van der Waals surface area (Å²) in [5.41, 5.74) is 0.761. The molecule has 1 aromatic heterocycles. The summed E-state index contributed by atoms with van der Waals surface area (Å²) in [4.78, 5) is 4.10. The Labute approximate surface area is 120 Å². The molecule has 0 radical (unpaired) electrons. The first-order valence-corrected chi connectivity index (χ1v) is 6.50. The summed E-state index contributed by atoms with van der Waals surface area (Å²) in [6.45, 7) is 0. The molecule has 2 nitrogen and oxygen atoms in total. The monoisotopic (exact) mass is 287 g/mol. The van der Waals surface area contributed by atoms with Crippen LogP contribution in [0.4, 0.5) is 4.39 Å². The maximum absolute atomic E-state index is 13.9. The van der Waals surface area contributed by atoms with E-state index in [0.29, 0.717) is 10.6 Å². The van der Waals surface area contributed by atoms with E-state index in [1.807, 2.05) is 24.3 Å². The zero-order valence-electron chi connectivity index (χ0n) is 10.4. The zero-order chi connectivity index (χ0) is 14.1. The molecule has 0 saturated heterocycles. The Balaban J connectivity index is 2.15. The van der Waals surface area contributed by atoms with Gasteiger partial charge in [0.2, 0.25) is 0 Å². The Kier molecular flexibility index (Phi) is 3.38. The van der Waals surface area contributed by atoms with Crippen molar-refractivity contribution in [3.05, 3.63) is 76.8 Å². The first-order valence-electron chi connectivity index (χ1n) is 6.12. The van der Waals surface area contributed by atoms with Gasteiger partial charge in [0.15, 0.2) is 0 Å². The number of benzene rings is 2. The molecule has 3 aromatic rings. The average molecular weight is 288 g/mol. The van der Waals surface area contributed by atoms with Crippen LogP contribution in [0.2, 0.25) is 5.02 Å². The minimum Gasteiger partial charge on any atom is -0.383 e. The molecule has 4 heteroatoms. The highest BCUT2D eigenvalue weighted by Gasteiger charge is 2.17. The minimum atomic E-state index is -1.08. The second kappa shape index (κ2) is 5.19. The Morgan fingerprint density at radius 2 is 1.85 bits per heavy atom. The Morgan fingerprint density at radius 1 is 1.05 bits per heavy atom. The number of rotatable bonds is 2. The van der Waals surface area contributed by atoms with Crippen molar-refractivity contribution in [2.45, 2.75) is 6.10 Å². The highest BCUT2D eigenvalue weighted by molar-refractivity contribution is 6.30. The van der Waals surface area contributed by atoms with Gasteiger partial charge in [-0.1, -0.05) is 41.9 Å². The van der Waals surface area contributed by atoms with Gasteiger partial charge in [-0.05, 0) is 17.5 Å². The predicted molar refractivity (Wildman–Crippen MR) is 77.2 cm³/mol.